The number of hydrogen-bond acceptors (Lipinski definition) is 4. The number of thioether (sulfide) groups is 1. The lowest BCUT2D eigenvalue weighted by Crippen LogP contribution is -2.42. The van der Waals surface area contributed by atoms with Gasteiger partial charge in [-0.25, -0.2) is 0 Å². The molecule has 0 heterocycles. The van der Waals surface area contributed by atoms with Crippen molar-refractivity contribution in [2.24, 2.45) is 0 Å². The van der Waals surface area contributed by atoms with Gasteiger partial charge in [-0.3, -0.25) is 0 Å². The zero-order chi connectivity index (χ0) is 19.0. The molecule has 2 aromatic rings. The lowest BCUT2D eigenvalue weighted by Gasteiger charge is -2.23. The molecule has 138 valence electrons. The van der Waals surface area contributed by atoms with Gasteiger partial charge in [-0.15, -0.1) is 11.8 Å². The minimum atomic E-state index is -0.575. The van der Waals surface area contributed by atoms with Crippen LogP contribution in [0.15, 0.2) is 53.4 Å². The molecule has 0 aliphatic carbocycles. The Hall–Kier alpha value is -1.93. The Balaban J connectivity index is 2.00. The van der Waals surface area contributed by atoms with E-state index in [1.165, 1.54) is 4.90 Å². The summed E-state index contributed by atoms with van der Waals surface area (Å²) in [7, 11) is 0. The number of aliphatic hydroxyl groups excluding tert-OH is 1. The van der Waals surface area contributed by atoms with Crippen LogP contribution in [0.4, 0.5) is 0 Å². The van der Waals surface area contributed by atoms with Crippen LogP contribution >= 0.6 is 11.8 Å². The van der Waals surface area contributed by atoms with E-state index < -0.39 is 6.10 Å². The minimum Gasteiger partial charge on any atom is -0.490 e. The summed E-state index contributed by atoms with van der Waals surface area (Å²) in [6, 6.07) is 15.8. The number of aliphatic hydroxyl groups is 1. The first-order valence-corrected chi connectivity index (χ1v) is 9.91. The molecule has 1 atom stereocenters. The van der Waals surface area contributed by atoms with E-state index in [9.17, 15) is 5.11 Å². The second-order valence-corrected chi connectivity index (χ2v) is 7.95. The molecule has 26 heavy (non-hydrogen) atoms. The van der Waals surface area contributed by atoms with Crippen molar-refractivity contribution >= 4 is 11.8 Å². The van der Waals surface area contributed by atoms with Gasteiger partial charge in [-0.05, 0) is 63.4 Å². The van der Waals surface area contributed by atoms with Crippen LogP contribution in [0.5, 0.6) is 5.75 Å². The molecule has 0 bridgehead atoms. The summed E-state index contributed by atoms with van der Waals surface area (Å²) in [5.41, 5.74) is 1.75. The largest absolute Gasteiger partial charge is 0.490 e. The standard InChI is InChI=1S/C22H27NO2S/c1-22(2,3)23-15-19(24)16-25-21-8-6-5-7-18(21)12-9-17-10-13-20(26-4)14-11-17/h5-8,10-11,13-14,19,23-24H,15-16H2,1-4H3. The molecule has 0 aliphatic rings. The fourth-order valence-corrected chi connectivity index (χ4v) is 2.59. The predicted octanol–water partition coefficient (Wildman–Crippen LogP) is 3.94. The highest BCUT2D eigenvalue weighted by Gasteiger charge is 2.13. The van der Waals surface area contributed by atoms with Crippen LogP contribution in [-0.2, 0) is 0 Å². The predicted molar refractivity (Wildman–Crippen MR) is 110 cm³/mol. The third kappa shape index (κ3) is 7.13. The third-order valence-electron chi connectivity index (χ3n) is 3.62. The normalized spacial score (nSPS) is 12.2. The number of ether oxygens (including phenoxy) is 1. The lowest BCUT2D eigenvalue weighted by atomic mass is 10.1. The van der Waals surface area contributed by atoms with Gasteiger partial charge in [-0.2, -0.15) is 0 Å². The van der Waals surface area contributed by atoms with E-state index in [0.717, 1.165) is 11.1 Å². The quantitative estimate of drug-likeness (QED) is 0.598. The van der Waals surface area contributed by atoms with Crippen LogP contribution in [0.2, 0.25) is 0 Å². The average Bonchev–Trinajstić information content (AvgIpc) is 2.63. The van der Waals surface area contributed by atoms with Crippen molar-refractivity contribution < 1.29 is 9.84 Å². The topological polar surface area (TPSA) is 41.5 Å². The molecule has 0 amide bonds. The maximum atomic E-state index is 10.1. The van der Waals surface area contributed by atoms with Gasteiger partial charge >= 0.3 is 0 Å². The summed E-state index contributed by atoms with van der Waals surface area (Å²) in [5, 5.41) is 13.4. The molecule has 2 N–H and O–H groups in total. The van der Waals surface area contributed by atoms with Crippen molar-refractivity contribution in [1.82, 2.24) is 5.32 Å². The molecule has 2 aromatic carbocycles. The van der Waals surface area contributed by atoms with Crippen molar-refractivity contribution in [1.29, 1.82) is 0 Å². The fourth-order valence-electron chi connectivity index (χ4n) is 2.18. The summed E-state index contributed by atoms with van der Waals surface area (Å²) >= 11 is 1.71. The van der Waals surface area contributed by atoms with Gasteiger partial charge in [0.25, 0.3) is 0 Å². The van der Waals surface area contributed by atoms with Gasteiger partial charge in [0.05, 0.1) is 5.56 Å². The van der Waals surface area contributed by atoms with E-state index >= 15 is 0 Å². The minimum absolute atomic E-state index is 0.0316. The van der Waals surface area contributed by atoms with Gasteiger partial charge in [0.2, 0.25) is 0 Å². The molecule has 0 radical (unpaired) electrons. The Kier molecular flexibility index (Phi) is 7.59. The van der Waals surface area contributed by atoms with Gasteiger partial charge in [0.1, 0.15) is 18.5 Å². The van der Waals surface area contributed by atoms with E-state index in [4.69, 9.17) is 4.74 Å². The van der Waals surface area contributed by atoms with Gasteiger partial charge in [0.15, 0.2) is 0 Å². The molecule has 3 nitrogen and oxygen atoms in total. The lowest BCUT2D eigenvalue weighted by molar-refractivity contribution is 0.0999. The molecule has 0 aliphatic heterocycles. The third-order valence-corrected chi connectivity index (χ3v) is 4.36. The average molecular weight is 370 g/mol. The number of rotatable bonds is 6. The first-order valence-electron chi connectivity index (χ1n) is 8.68. The van der Waals surface area contributed by atoms with Crippen LogP contribution in [0.1, 0.15) is 31.9 Å². The summed E-state index contributed by atoms with van der Waals surface area (Å²) in [6.45, 7) is 6.91. The Morgan fingerprint density at radius 3 is 2.42 bits per heavy atom. The van der Waals surface area contributed by atoms with E-state index in [0.29, 0.717) is 12.3 Å². The number of para-hydroxylation sites is 1. The number of β-amino-alcohol motifs (C(OH)–C–C–N with tert-alkyl or cyclic N) is 1. The summed E-state index contributed by atoms with van der Waals surface area (Å²) < 4.78 is 5.79. The molecule has 0 aromatic heterocycles. The molecule has 2 rings (SSSR count). The first-order chi connectivity index (χ1) is 12.4. The molecule has 0 saturated carbocycles. The van der Waals surface area contributed by atoms with Crippen molar-refractivity contribution in [3.05, 3.63) is 59.7 Å². The van der Waals surface area contributed by atoms with E-state index in [1.807, 2.05) is 36.4 Å². The Labute approximate surface area is 161 Å². The van der Waals surface area contributed by atoms with Crippen molar-refractivity contribution in [3.63, 3.8) is 0 Å². The zero-order valence-electron chi connectivity index (χ0n) is 15.9. The molecule has 0 saturated heterocycles. The molecular formula is C22H27NO2S. The van der Waals surface area contributed by atoms with Gasteiger partial charge in [0, 0.05) is 22.5 Å². The van der Waals surface area contributed by atoms with Crippen molar-refractivity contribution in [2.45, 2.75) is 37.3 Å². The molecule has 0 fully saturated rings. The highest BCUT2D eigenvalue weighted by Crippen LogP contribution is 2.18. The maximum Gasteiger partial charge on any atom is 0.135 e. The first kappa shape index (κ1) is 20.4. The molecule has 4 heteroatoms. The van der Waals surface area contributed by atoms with Gasteiger partial charge < -0.3 is 15.2 Å². The second-order valence-electron chi connectivity index (χ2n) is 7.07. The van der Waals surface area contributed by atoms with Crippen LogP contribution < -0.4 is 10.1 Å². The Morgan fingerprint density at radius 2 is 1.77 bits per heavy atom. The highest BCUT2D eigenvalue weighted by atomic mass is 32.2. The van der Waals surface area contributed by atoms with Crippen LogP contribution in [0.3, 0.4) is 0 Å². The van der Waals surface area contributed by atoms with Crippen LogP contribution in [0.25, 0.3) is 0 Å². The Morgan fingerprint density at radius 1 is 1.08 bits per heavy atom. The number of benzene rings is 2. The monoisotopic (exact) mass is 369 g/mol. The van der Waals surface area contributed by atoms with Gasteiger partial charge in [-0.1, -0.05) is 24.0 Å². The van der Waals surface area contributed by atoms with Crippen LogP contribution in [0, 0.1) is 11.8 Å². The summed E-state index contributed by atoms with van der Waals surface area (Å²) in [6.07, 6.45) is 1.48. The molecule has 0 spiro atoms. The van der Waals surface area contributed by atoms with E-state index in [2.05, 4.69) is 56.3 Å². The zero-order valence-corrected chi connectivity index (χ0v) is 16.7. The smallest absolute Gasteiger partial charge is 0.135 e. The number of hydrogen-bond donors (Lipinski definition) is 2. The summed E-state index contributed by atoms with van der Waals surface area (Å²) in [5.74, 6) is 7.03. The highest BCUT2D eigenvalue weighted by molar-refractivity contribution is 7.98. The molecule has 1 unspecified atom stereocenters. The SMILES string of the molecule is CSc1ccc(C#Cc2ccccc2OCC(O)CNC(C)(C)C)cc1. The summed E-state index contributed by atoms with van der Waals surface area (Å²) in [4.78, 5) is 1.22. The fraction of sp³-hybridized carbons (Fsp3) is 0.364. The second kappa shape index (κ2) is 9.68. The van der Waals surface area contributed by atoms with Crippen molar-refractivity contribution in [3.8, 4) is 17.6 Å². The van der Waals surface area contributed by atoms with E-state index in [1.54, 1.807) is 11.8 Å². The van der Waals surface area contributed by atoms with E-state index in [-0.39, 0.29) is 12.1 Å². The molecular weight excluding hydrogens is 342 g/mol. The Bertz CT molecular complexity index is 754. The van der Waals surface area contributed by atoms with Crippen LogP contribution in [-0.4, -0.2) is 36.2 Å². The van der Waals surface area contributed by atoms with Crippen molar-refractivity contribution in [2.75, 3.05) is 19.4 Å². The maximum absolute atomic E-state index is 10.1. The number of nitrogens with one attached hydrogen (secondary N) is 1.